The molecule has 1 aromatic heterocycles. The van der Waals surface area contributed by atoms with Gasteiger partial charge in [-0.1, -0.05) is 18.2 Å². The lowest BCUT2D eigenvalue weighted by Gasteiger charge is -2.28. The van der Waals surface area contributed by atoms with Crippen LogP contribution in [0.1, 0.15) is 35.0 Å². The molecule has 1 atom stereocenters. The lowest BCUT2D eigenvalue weighted by atomic mass is 10.0. The minimum absolute atomic E-state index is 0.117. The fraction of sp³-hybridized carbons (Fsp3) is 0.476. The molecule has 0 saturated carbocycles. The first-order valence-electron chi connectivity index (χ1n) is 9.57. The molecule has 4 rings (SSSR count). The topological polar surface area (TPSA) is 58.6 Å². The van der Waals surface area contributed by atoms with E-state index < -0.39 is 0 Å². The van der Waals surface area contributed by atoms with E-state index in [2.05, 4.69) is 16.9 Å². The first-order chi connectivity index (χ1) is 13.1. The molecule has 6 heteroatoms. The van der Waals surface area contributed by atoms with Crippen LogP contribution in [0.15, 0.2) is 30.5 Å². The van der Waals surface area contributed by atoms with Gasteiger partial charge in [-0.2, -0.15) is 0 Å². The summed E-state index contributed by atoms with van der Waals surface area (Å²) in [4.78, 5) is 26.5. The van der Waals surface area contributed by atoms with Crippen LogP contribution in [-0.2, 0) is 24.2 Å². The lowest BCUT2D eigenvalue weighted by molar-refractivity contribution is -0.131. The minimum atomic E-state index is 0.117. The van der Waals surface area contributed by atoms with E-state index in [-0.39, 0.29) is 5.91 Å². The molecule has 0 N–H and O–H groups in total. The van der Waals surface area contributed by atoms with E-state index >= 15 is 0 Å². The zero-order valence-electron chi connectivity index (χ0n) is 16.0. The quantitative estimate of drug-likeness (QED) is 0.829. The Bertz CT molecular complexity index is 839. The van der Waals surface area contributed by atoms with Crippen molar-refractivity contribution in [2.24, 2.45) is 0 Å². The summed E-state index contributed by atoms with van der Waals surface area (Å²) in [5, 5.41) is 0. The molecule has 2 aromatic rings. The van der Waals surface area contributed by atoms with E-state index in [1.807, 2.05) is 35.4 Å². The number of aromatic nitrogens is 2. The van der Waals surface area contributed by atoms with Crippen molar-refractivity contribution < 1.29 is 9.53 Å². The van der Waals surface area contributed by atoms with Crippen LogP contribution in [0.2, 0.25) is 0 Å². The fourth-order valence-corrected chi connectivity index (χ4v) is 4.01. The number of carbonyl (C=O) groups excluding carboxylic acids is 1. The van der Waals surface area contributed by atoms with Crippen molar-refractivity contribution >= 4 is 5.91 Å². The van der Waals surface area contributed by atoms with Gasteiger partial charge >= 0.3 is 0 Å². The monoisotopic (exact) mass is 366 g/mol. The standard InChI is InChI=1S/C21H26N4O2/c1-24-9-7-16(13-24)21-22-12-17-14-25(10-8-18(17)23-21)20(26)11-15-5-3-4-6-19(15)27-2/h3-6,12,16H,7-11,13-14H2,1-2H3. The van der Waals surface area contributed by atoms with E-state index in [9.17, 15) is 4.79 Å². The van der Waals surface area contributed by atoms with Gasteiger partial charge in [-0.3, -0.25) is 4.79 Å². The van der Waals surface area contributed by atoms with Gasteiger partial charge in [0, 0.05) is 49.3 Å². The second-order valence-corrected chi connectivity index (χ2v) is 7.50. The zero-order chi connectivity index (χ0) is 18.8. The molecule has 1 fully saturated rings. The van der Waals surface area contributed by atoms with Crippen LogP contribution in [0, 0.1) is 0 Å². The van der Waals surface area contributed by atoms with Crippen LogP contribution < -0.4 is 4.74 Å². The number of para-hydroxylation sites is 1. The molecular formula is C21H26N4O2. The summed E-state index contributed by atoms with van der Waals surface area (Å²) >= 11 is 0. The number of likely N-dealkylation sites (tertiary alicyclic amines) is 1. The summed E-state index contributed by atoms with van der Waals surface area (Å²) in [5.74, 6) is 2.28. The predicted octanol–water partition coefficient (Wildman–Crippen LogP) is 2.03. The molecule has 3 heterocycles. The van der Waals surface area contributed by atoms with Gasteiger partial charge in [0.2, 0.25) is 5.91 Å². The highest BCUT2D eigenvalue weighted by molar-refractivity contribution is 5.79. The first kappa shape index (κ1) is 17.9. The Balaban J connectivity index is 1.44. The molecule has 2 aliphatic heterocycles. The highest BCUT2D eigenvalue weighted by Crippen LogP contribution is 2.26. The summed E-state index contributed by atoms with van der Waals surface area (Å²) in [5.41, 5.74) is 3.10. The van der Waals surface area contributed by atoms with Crippen molar-refractivity contribution in [1.82, 2.24) is 19.8 Å². The Hall–Kier alpha value is -2.47. The molecule has 6 nitrogen and oxygen atoms in total. The van der Waals surface area contributed by atoms with Gasteiger partial charge < -0.3 is 14.5 Å². The van der Waals surface area contributed by atoms with Gasteiger partial charge in [-0.25, -0.2) is 9.97 Å². The first-order valence-corrected chi connectivity index (χ1v) is 9.57. The minimum Gasteiger partial charge on any atom is -0.496 e. The predicted molar refractivity (Wildman–Crippen MR) is 103 cm³/mol. The molecule has 0 aliphatic carbocycles. The third-order valence-corrected chi connectivity index (χ3v) is 5.60. The summed E-state index contributed by atoms with van der Waals surface area (Å²) in [6.07, 6.45) is 4.20. The van der Waals surface area contributed by atoms with Gasteiger partial charge in [0.1, 0.15) is 11.6 Å². The molecule has 1 aromatic carbocycles. The highest BCUT2D eigenvalue weighted by atomic mass is 16.5. The fourth-order valence-electron chi connectivity index (χ4n) is 4.01. The Morgan fingerprint density at radius 2 is 2.15 bits per heavy atom. The Labute approximate surface area is 160 Å². The van der Waals surface area contributed by atoms with E-state index in [1.165, 1.54) is 0 Å². The number of carbonyl (C=O) groups is 1. The number of nitrogens with zero attached hydrogens (tertiary/aromatic N) is 4. The van der Waals surface area contributed by atoms with Crippen molar-refractivity contribution in [2.45, 2.75) is 31.7 Å². The van der Waals surface area contributed by atoms with E-state index in [0.717, 1.165) is 54.3 Å². The summed E-state index contributed by atoms with van der Waals surface area (Å²) < 4.78 is 5.37. The molecule has 2 aliphatic rings. The van der Waals surface area contributed by atoms with Gasteiger partial charge in [-0.15, -0.1) is 0 Å². The van der Waals surface area contributed by atoms with Gasteiger partial charge in [0.05, 0.1) is 19.2 Å². The number of ether oxygens (including phenoxy) is 1. The van der Waals surface area contributed by atoms with Crippen molar-refractivity contribution in [3.05, 3.63) is 53.1 Å². The summed E-state index contributed by atoms with van der Waals surface area (Å²) in [7, 11) is 3.78. The second-order valence-electron chi connectivity index (χ2n) is 7.50. The highest BCUT2D eigenvalue weighted by Gasteiger charge is 2.27. The molecule has 1 saturated heterocycles. The lowest BCUT2D eigenvalue weighted by Crippen LogP contribution is -2.37. The Kier molecular flexibility index (Phi) is 5.07. The van der Waals surface area contributed by atoms with E-state index in [4.69, 9.17) is 9.72 Å². The number of amides is 1. The average molecular weight is 366 g/mol. The van der Waals surface area contributed by atoms with Crippen molar-refractivity contribution in [2.75, 3.05) is 33.8 Å². The molecular weight excluding hydrogens is 340 g/mol. The number of rotatable bonds is 4. The second kappa shape index (κ2) is 7.64. The number of methoxy groups -OCH3 is 1. The van der Waals surface area contributed by atoms with E-state index in [1.54, 1.807) is 7.11 Å². The number of hydrogen-bond donors (Lipinski definition) is 0. The Morgan fingerprint density at radius 3 is 2.93 bits per heavy atom. The number of likely N-dealkylation sites (N-methyl/N-ethyl adjacent to an activating group) is 1. The largest absolute Gasteiger partial charge is 0.496 e. The summed E-state index contributed by atoms with van der Waals surface area (Å²) in [6.45, 7) is 3.44. The van der Waals surface area contributed by atoms with Crippen molar-refractivity contribution in [3.63, 3.8) is 0 Å². The van der Waals surface area contributed by atoms with Crippen LogP contribution in [-0.4, -0.2) is 59.5 Å². The SMILES string of the molecule is COc1ccccc1CC(=O)N1CCc2nc(C3CCN(C)C3)ncc2C1. The molecule has 1 amide bonds. The normalized spacial score (nSPS) is 19.8. The van der Waals surface area contributed by atoms with Crippen molar-refractivity contribution in [3.8, 4) is 5.75 Å². The summed E-state index contributed by atoms with van der Waals surface area (Å²) in [6, 6.07) is 7.69. The molecule has 142 valence electrons. The number of benzene rings is 1. The number of hydrogen-bond acceptors (Lipinski definition) is 5. The van der Waals surface area contributed by atoms with Crippen LogP contribution in [0.4, 0.5) is 0 Å². The van der Waals surface area contributed by atoms with E-state index in [0.29, 0.717) is 25.4 Å². The maximum Gasteiger partial charge on any atom is 0.227 e. The van der Waals surface area contributed by atoms with Gasteiger partial charge in [-0.05, 0) is 26.1 Å². The van der Waals surface area contributed by atoms with Crippen LogP contribution >= 0.6 is 0 Å². The third-order valence-electron chi connectivity index (χ3n) is 5.60. The van der Waals surface area contributed by atoms with Crippen LogP contribution in [0.3, 0.4) is 0 Å². The number of fused-ring (bicyclic) bond motifs is 1. The maximum absolute atomic E-state index is 12.8. The molecule has 27 heavy (non-hydrogen) atoms. The van der Waals surface area contributed by atoms with Gasteiger partial charge in [0.15, 0.2) is 0 Å². The van der Waals surface area contributed by atoms with Crippen LogP contribution in [0.25, 0.3) is 0 Å². The third kappa shape index (κ3) is 3.81. The molecule has 0 radical (unpaired) electrons. The van der Waals surface area contributed by atoms with Crippen molar-refractivity contribution in [1.29, 1.82) is 0 Å². The smallest absolute Gasteiger partial charge is 0.227 e. The molecule has 1 unspecified atom stereocenters. The van der Waals surface area contributed by atoms with Gasteiger partial charge in [0.25, 0.3) is 0 Å². The average Bonchev–Trinajstić information content (AvgIpc) is 3.14. The molecule has 0 spiro atoms. The van der Waals surface area contributed by atoms with Crippen LogP contribution in [0.5, 0.6) is 5.75 Å². The zero-order valence-corrected chi connectivity index (χ0v) is 16.0. The molecule has 0 bridgehead atoms. The maximum atomic E-state index is 12.8. The Morgan fingerprint density at radius 1 is 1.30 bits per heavy atom.